The molecule has 1 aromatic rings. The Kier molecular flexibility index (Phi) is 5.20. The van der Waals surface area contributed by atoms with Crippen molar-refractivity contribution in [1.29, 1.82) is 0 Å². The Morgan fingerprint density at radius 3 is 2.71 bits per heavy atom. The molecule has 0 amide bonds. The second kappa shape index (κ2) is 6.91. The number of carbonyl (C=O) groups is 1. The Labute approximate surface area is 124 Å². The van der Waals surface area contributed by atoms with Crippen molar-refractivity contribution in [2.45, 2.75) is 37.8 Å². The average molecular weight is 293 g/mol. The Balaban J connectivity index is 1.88. The van der Waals surface area contributed by atoms with Gasteiger partial charge >= 0.3 is 5.97 Å². The molecular weight excluding hydrogens is 270 g/mol. The first-order valence-electron chi connectivity index (χ1n) is 7.37. The predicted octanol–water partition coefficient (Wildman–Crippen LogP) is 1.79. The summed E-state index contributed by atoms with van der Waals surface area (Å²) < 4.78 is 5.68. The highest BCUT2D eigenvalue weighted by Crippen LogP contribution is 2.38. The average Bonchev–Trinajstić information content (AvgIpc) is 2.92. The molecule has 1 fully saturated rings. The maximum absolute atomic E-state index is 11.5. The molecule has 5 heteroatoms. The van der Waals surface area contributed by atoms with Crippen molar-refractivity contribution < 1.29 is 19.7 Å². The van der Waals surface area contributed by atoms with Crippen LogP contribution in [0, 0.1) is 5.92 Å². The van der Waals surface area contributed by atoms with E-state index < -0.39 is 11.5 Å². The lowest BCUT2D eigenvalue weighted by Crippen LogP contribution is -2.53. The van der Waals surface area contributed by atoms with Crippen LogP contribution in [0.15, 0.2) is 24.3 Å². The van der Waals surface area contributed by atoms with Gasteiger partial charge in [0.25, 0.3) is 0 Å². The molecule has 3 N–H and O–H groups in total. The number of ether oxygens (including phenoxy) is 1. The zero-order chi connectivity index (χ0) is 15.3. The van der Waals surface area contributed by atoms with E-state index in [1.165, 1.54) is 0 Å². The van der Waals surface area contributed by atoms with E-state index >= 15 is 0 Å². The summed E-state index contributed by atoms with van der Waals surface area (Å²) in [4.78, 5) is 11.5. The maximum Gasteiger partial charge on any atom is 0.324 e. The number of aliphatic carboxylic acids is 1. The van der Waals surface area contributed by atoms with Crippen LogP contribution in [0.4, 0.5) is 0 Å². The van der Waals surface area contributed by atoms with Crippen molar-refractivity contribution in [3.8, 4) is 5.75 Å². The second-order valence-corrected chi connectivity index (χ2v) is 5.55. The summed E-state index contributed by atoms with van der Waals surface area (Å²) in [6.07, 6.45) is 3.24. The molecule has 0 aromatic heterocycles. The van der Waals surface area contributed by atoms with E-state index in [9.17, 15) is 9.90 Å². The van der Waals surface area contributed by atoms with Crippen LogP contribution in [0.3, 0.4) is 0 Å². The Morgan fingerprint density at radius 1 is 1.43 bits per heavy atom. The van der Waals surface area contributed by atoms with Gasteiger partial charge in [-0.15, -0.1) is 0 Å². The summed E-state index contributed by atoms with van der Waals surface area (Å²) in [6, 6.07) is 7.28. The van der Waals surface area contributed by atoms with E-state index in [0.29, 0.717) is 13.0 Å². The summed E-state index contributed by atoms with van der Waals surface area (Å²) in [5.74, 6) is 0.0760. The largest absolute Gasteiger partial charge is 0.494 e. The number of carboxylic acid groups (broad SMARTS) is 1. The minimum atomic E-state index is -0.801. The lowest BCUT2D eigenvalue weighted by atomic mass is 9.85. The van der Waals surface area contributed by atoms with Crippen molar-refractivity contribution in [2.75, 3.05) is 13.7 Å². The fourth-order valence-electron chi connectivity index (χ4n) is 3.20. The van der Waals surface area contributed by atoms with Crippen molar-refractivity contribution in [3.63, 3.8) is 0 Å². The molecule has 0 bridgehead atoms. The quantitative estimate of drug-likeness (QED) is 0.714. The normalized spacial score (nSPS) is 25.0. The van der Waals surface area contributed by atoms with E-state index in [-0.39, 0.29) is 12.5 Å². The van der Waals surface area contributed by atoms with Crippen molar-refractivity contribution in [3.05, 3.63) is 29.8 Å². The molecule has 0 spiro atoms. The molecule has 116 valence electrons. The zero-order valence-corrected chi connectivity index (χ0v) is 12.3. The van der Waals surface area contributed by atoms with Crippen molar-refractivity contribution in [1.82, 2.24) is 5.32 Å². The number of likely N-dealkylation sites (N-methyl/N-ethyl adjacent to an activating group) is 1. The van der Waals surface area contributed by atoms with Gasteiger partial charge in [0.15, 0.2) is 0 Å². The van der Waals surface area contributed by atoms with E-state index in [0.717, 1.165) is 30.6 Å². The van der Waals surface area contributed by atoms with Crippen LogP contribution in [0.5, 0.6) is 5.75 Å². The second-order valence-electron chi connectivity index (χ2n) is 5.55. The van der Waals surface area contributed by atoms with E-state index in [4.69, 9.17) is 9.84 Å². The minimum Gasteiger partial charge on any atom is -0.494 e. The molecule has 1 aliphatic carbocycles. The summed E-state index contributed by atoms with van der Waals surface area (Å²) in [5.41, 5.74) is 0.0441. The number of rotatable bonds is 7. The van der Waals surface area contributed by atoms with Crippen LogP contribution in [-0.2, 0) is 11.4 Å². The Hall–Kier alpha value is -1.59. The monoisotopic (exact) mass is 293 g/mol. The van der Waals surface area contributed by atoms with Crippen LogP contribution in [0.1, 0.15) is 31.2 Å². The highest BCUT2D eigenvalue weighted by Gasteiger charge is 2.47. The molecule has 0 radical (unpaired) electrons. The van der Waals surface area contributed by atoms with Crippen LogP contribution < -0.4 is 10.1 Å². The SMILES string of the molecule is CNC1(C(=O)O)CCCC1CCOc1ccc(CO)cc1. The number of hydrogen-bond acceptors (Lipinski definition) is 4. The molecule has 2 unspecified atom stereocenters. The lowest BCUT2D eigenvalue weighted by Gasteiger charge is -2.30. The third-order valence-corrected chi connectivity index (χ3v) is 4.49. The minimum absolute atomic E-state index is 0.0195. The first-order chi connectivity index (χ1) is 10.1. The zero-order valence-electron chi connectivity index (χ0n) is 12.3. The molecule has 1 aromatic carbocycles. The van der Waals surface area contributed by atoms with E-state index in [1.54, 1.807) is 7.05 Å². The summed E-state index contributed by atoms with van der Waals surface area (Å²) in [5, 5.41) is 21.5. The van der Waals surface area contributed by atoms with Crippen molar-refractivity contribution in [2.24, 2.45) is 5.92 Å². The molecule has 0 aliphatic heterocycles. The fourth-order valence-corrected chi connectivity index (χ4v) is 3.20. The van der Waals surface area contributed by atoms with Gasteiger partial charge in [-0.2, -0.15) is 0 Å². The van der Waals surface area contributed by atoms with E-state index in [2.05, 4.69) is 5.32 Å². The Morgan fingerprint density at radius 2 is 2.14 bits per heavy atom. The van der Waals surface area contributed by atoms with Crippen LogP contribution in [-0.4, -0.2) is 35.4 Å². The van der Waals surface area contributed by atoms with Gasteiger partial charge in [0.1, 0.15) is 11.3 Å². The molecule has 21 heavy (non-hydrogen) atoms. The first kappa shape index (κ1) is 15.8. The van der Waals surface area contributed by atoms with Gasteiger partial charge in [-0.1, -0.05) is 18.6 Å². The highest BCUT2D eigenvalue weighted by molar-refractivity contribution is 5.79. The molecule has 2 atom stereocenters. The van der Waals surface area contributed by atoms with E-state index in [1.807, 2.05) is 24.3 Å². The van der Waals surface area contributed by atoms with Gasteiger partial charge in [0, 0.05) is 0 Å². The van der Waals surface area contributed by atoms with Gasteiger partial charge in [0.05, 0.1) is 13.2 Å². The molecule has 1 saturated carbocycles. The van der Waals surface area contributed by atoms with Crippen molar-refractivity contribution >= 4 is 5.97 Å². The van der Waals surface area contributed by atoms with Crippen LogP contribution >= 0.6 is 0 Å². The van der Waals surface area contributed by atoms with Gasteiger partial charge in [-0.3, -0.25) is 4.79 Å². The summed E-state index contributed by atoms with van der Waals surface area (Å²) in [7, 11) is 1.72. The maximum atomic E-state index is 11.5. The van der Waals surface area contributed by atoms with Crippen LogP contribution in [0.25, 0.3) is 0 Å². The summed E-state index contributed by atoms with van der Waals surface area (Å²) in [6.45, 7) is 0.519. The highest BCUT2D eigenvalue weighted by atomic mass is 16.5. The molecule has 0 heterocycles. The standard InChI is InChI=1S/C16H23NO4/c1-17-16(15(19)20)9-2-3-13(16)8-10-21-14-6-4-12(11-18)5-7-14/h4-7,13,17-18H,2-3,8-11H2,1H3,(H,19,20). The molecule has 5 nitrogen and oxygen atoms in total. The third-order valence-electron chi connectivity index (χ3n) is 4.49. The molecule has 1 aliphatic rings. The number of aliphatic hydroxyl groups excluding tert-OH is 1. The fraction of sp³-hybridized carbons (Fsp3) is 0.562. The third kappa shape index (κ3) is 3.36. The number of aliphatic hydroxyl groups is 1. The number of benzene rings is 1. The molecular formula is C16H23NO4. The topological polar surface area (TPSA) is 78.8 Å². The van der Waals surface area contributed by atoms with Gasteiger partial charge in [-0.25, -0.2) is 0 Å². The number of nitrogens with one attached hydrogen (secondary N) is 1. The predicted molar refractivity (Wildman–Crippen MR) is 79.2 cm³/mol. The van der Waals surface area contributed by atoms with Crippen LogP contribution in [0.2, 0.25) is 0 Å². The molecule has 2 rings (SSSR count). The smallest absolute Gasteiger partial charge is 0.324 e. The molecule has 0 saturated heterocycles. The number of hydrogen-bond donors (Lipinski definition) is 3. The summed E-state index contributed by atoms with van der Waals surface area (Å²) >= 11 is 0. The lowest BCUT2D eigenvalue weighted by molar-refractivity contribution is -0.146. The van der Waals surface area contributed by atoms with Gasteiger partial charge in [0.2, 0.25) is 0 Å². The number of carboxylic acids is 1. The van der Waals surface area contributed by atoms with Gasteiger partial charge < -0.3 is 20.3 Å². The Bertz CT molecular complexity index is 474. The first-order valence-corrected chi connectivity index (χ1v) is 7.37. The van der Waals surface area contributed by atoms with Gasteiger partial charge in [-0.05, 0) is 49.9 Å².